The predicted octanol–water partition coefficient (Wildman–Crippen LogP) is 6.04. The standard InChI is InChI=1S/C24H16ClFO3/c25-20-7-1-17(2-8-20)15-28-22-11-3-16(4-12-22)13-19-14-23(29-24(19)27)18-5-9-21(26)10-6-18/h1-14H,15H2/b19-13-. The largest absolute Gasteiger partial charge is 0.489 e. The van der Waals surface area contributed by atoms with Crippen molar-refractivity contribution < 1.29 is 18.7 Å². The molecule has 0 N–H and O–H groups in total. The van der Waals surface area contributed by atoms with Crippen LogP contribution in [-0.2, 0) is 16.1 Å². The quantitative estimate of drug-likeness (QED) is 0.383. The van der Waals surface area contributed by atoms with Gasteiger partial charge in [-0.2, -0.15) is 0 Å². The van der Waals surface area contributed by atoms with Crippen molar-refractivity contribution in [2.24, 2.45) is 0 Å². The lowest BCUT2D eigenvalue weighted by atomic mass is 10.1. The van der Waals surface area contributed by atoms with E-state index in [0.29, 0.717) is 28.5 Å². The highest BCUT2D eigenvalue weighted by Gasteiger charge is 2.21. The number of carbonyl (C=O) groups is 1. The number of carbonyl (C=O) groups excluding carboxylic acids is 1. The number of halogens is 2. The van der Waals surface area contributed by atoms with Crippen molar-refractivity contribution in [1.29, 1.82) is 0 Å². The van der Waals surface area contributed by atoms with Crippen LogP contribution < -0.4 is 4.74 Å². The van der Waals surface area contributed by atoms with Crippen LogP contribution in [0.4, 0.5) is 4.39 Å². The predicted molar refractivity (Wildman–Crippen MR) is 111 cm³/mol. The summed E-state index contributed by atoms with van der Waals surface area (Å²) in [6, 6.07) is 20.7. The minimum absolute atomic E-state index is 0.340. The Bertz CT molecular complexity index is 1080. The molecule has 1 aliphatic rings. The molecule has 0 atom stereocenters. The van der Waals surface area contributed by atoms with Gasteiger partial charge in [0.15, 0.2) is 0 Å². The lowest BCUT2D eigenvalue weighted by molar-refractivity contribution is -0.130. The van der Waals surface area contributed by atoms with Gasteiger partial charge in [0.05, 0.1) is 5.57 Å². The average molecular weight is 407 g/mol. The van der Waals surface area contributed by atoms with Crippen LogP contribution in [0.1, 0.15) is 16.7 Å². The second-order valence-electron chi connectivity index (χ2n) is 6.49. The summed E-state index contributed by atoms with van der Waals surface area (Å²) in [6.45, 7) is 0.438. The van der Waals surface area contributed by atoms with E-state index in [1.807, 2.05) is 48.5 Å². The Hall–Kier alpha value is -3.37. The van der Waals surface area contributed by atoms with Gasteiger partial charge in [0, 0.05) is 10.6 Å². The van der Waals surface area contributed by atoms with Crippen LogP contribution in [-0.4, -0.2) is 5.97 Å². The number of esters is 1. The fraction of sp³-hybridized carbons (Fsp3) is 0.0417. The van der Waals surface area contributed by atoms with E-state index in [0.717, 1.165) is 16.9 Å². The Morgan fingerprint density at radius 3 is 2.31 bits per heavy atom. The van der Waals surface area contributed by atoms with E-state index in [-0.39, 0.29) is 5.82 Å². The first-order chi connectivity index (χ1) is 14.1. The third-order valence-electron chi connectivity index (χ3n) is 4.37. The van der Waals surface area contributed by atoms with Gasteiger partial charge in [-0.15, -0.1) is 0 Å². The Kier molecular flexibility index (Phi) is 5.45. The smallest absolute Gasteiger partial charge is 0.343 e. The van der Waals surface area contributed by atoms with Crippen LogP contribution in [0.2, 0.25) is 5.02 Å². The van der Waals surface area contributed by atoms with Crippen molar-refractivity contribution in [3.05, 3.63) is 112 Å². The molecule has 0 aliphatic carbocycles. The Balaban J connectivity index is 1.44. The molecule has 3 aromatic rings. The first-order valence-electron chi connectivity index (χ1n) is 8.96. The lowest BCUT2D eigenvalue weighted by Gasteiger charge is -2.06. The van der Waals surface area contributed by atoms with E-state index in [2.05, 4.69) is 0 Å². The summed E-state index contributed by atoms with van der Waals surface area (Å²) >= 11 is 5.88. The zero-order valence-corrected chi connectivity index (χ0v) is 16.0. The highest BCUT2D eigenvalue weighted by molar-refractivity contribution is 6.30. The molecule has 0 amide bonds. The molecule has 5 heteroatoms. The molecule has 0 saturated heterocycles. The third kappa shape index (κ3) is 4.73. The molecule has 0 unspecified atom stereocenters. The fourth-order valence-corrected chi connectivity index (χ4v) is 2.96. The maximum Gasteiger partial charge on any atom is 0.343 e. The molecule has 0 radical (unpaired) electrons. The van der Waals surface area contributed by atoms with Crippen LogP contribution >= 0.6 is 11.6 Å². The maximum atomic E-state index is 13.1. The van der Waals surface area contributed by atoms with E-state index in [9.17, 15) is 9.18 Å². The van der Waals surface area contributed by atoms with Gasteiger partial charge in [-0.05, 0) is 71.8 Å². The molecule has 1 aliphatic heterocycles. The highest BCUT2D eigenvalue weighted by Crippen LogP contribution is 2.28. The first kappa shape index (κ1) is 19.0. The second kappa shape index (κ2) is 8.33. The summed E-state index contributed by atoms with van der Waals surface area (Å²) in [5, 5.41) is 0.688. The molecule has 0 saturated carbocycles. The summed E-state index contributed by atoms with van der Waals surface area (Å²) in [5.41, 5.74) is 2.94. The molecule has 144 valence electrons. The van der Waals surface area contributed by atoms with Crippen molar-refractivity contribution in [3.8, 4) is 5.75 Å². The fourth-order valence-electron chi connectivity index (χ4n) is 2.83. The summed E-state index contributed by atoms with van der Waals surface area (Å²) in [7, 11) is 0. The van der Waals surface area contributed by atoms with Gasteiger partial charge in [-0.1, -0.05) is 35.9 Å². The molecule has 1 heterocycles. The topological polar surface area (TPSA) is 35.5 Å². The van der Waals surface area contributed by atoms with Crippen molar-refractivity contribution >= 4 is 29.4 Å². The van der Waals surface area contributed by atoms with Gasteiger partial charge in [-0.25, -0.2) is 9.18 Å². The monoisotopic (exact) mass is 406 g/mol. The highest BCUT2D eigenvalue weighted by atomic mass is 35.5. The number of ether oxygens (including phenoxy) is 2. The van der Waals surface area contributed by atoms with Gasteiger partial charge < -0.3 is 9.47 Å². The molecule has 0 bridgehead atoms. The van der Waals surface area contributed by atoms with E-state index in [1.165, 1.54) is 12.1 Å². The summed E-state index contributed by atoms with van der Waals surface area (Å²) in [4.78, 5) is 12.1. The molecule has 0 fully saturated rings. The van der Waals surface area contributed by atoms with Crippen LogP contribution in [0.15, 0.2) is 84.4 Å². The van der Waals surface area contributed by atoms with Crippen molar-refractivity contribution in [2.45, 2.75) is 6.61 Å². The minimum Gasteiger partial charge on any atom is -0.489 e. The van der Waals surface area contributed by atoms with Gasteiger partial charge in [0.25, 0.3) is 0 Å². The third-order valence-corrected chi connectivity index (χ3v) is 4.63. The number of hydrogen-bond donors (Lipinski definition) is 0. The van der Waals surface area contributed by atoms with Gasteiger partial charge >= 0.3 is 5.97 Å². The van der Waals surface area contributed by atoms with Crippen molar-refractivity contribution in [1.82, 2.24) is 0 Å². The zero-order valence-electron chi connectivity index (χ0n) is 15.3. The van der Waals surface area contributed by atoms with E-state index in [4.69, 9.17) is 21.1 Å². The Morgan fingerprint density at radius 1 is 0.931 bits per heavy atom. The minimum atomic E-state index is -0.438. The average Bonchev–Trinajstić information content (AvgIpc) is 3.09. The van der Waals surface area contributed by atoms with E-state index >= 15 is 0 Å². The molecular weight excluding hydrogens is 391 g/mol. The number of cyclic esters (lactones) is 1. The molecule has 3 aromatic carbocycles. The first-order valence-corrected chi connectivity index (χ1v) is 9.33. The molecular formula is C24H16ClFO3. The van der Waals surface area contributed by atoms with Crippen LogP contribution in [0.25, 0.3) is 11.8 Å². The number of hydrogen-bond acceptors (Lipinski definition) is 3. The second-order valence-corrected chi connectivity index (χ2v) is 6.93. The molecule has 4 rings (SSSR count). The van der Waals surface area contributed by atoms with Crippen LogP contribution in [0.3, 0.4) is 0 Å². The summed E-state index contributed by atoms with van der Waals surface area (Å²) in [5.74, 6) is 0.350. The van der Waals surface area contributed by atoms with E-state index < -0.39 is 5.97 Å². The summed E-state index contributed by atoms with van der Waals surface area (Å²) < 4.78 is 24.1. The zero-order chi connectivity index (χ0) is 20.2. The van der Waals surface area contributed by atoms with E-state index in [1.54, 1.807) is 24.3 Å². The number of rotatable bonds is 5. The normalized spacial score (nSPS) is 14.6. The van der Waals surface area contributed by atoms with Gasteiger partial charge in [-0.3, -0.25) is 0 Å². The SMILES string of the molecule is O=C1OC(c2ccc(F)cc2)=C/C1=C/c1ccc(OCc2ccc(Cl)cc2)cc1. The summed E-state index contributed by atoms with van der Waals surface area (Å²) in [6.07, 6.45) is 3.39. The molecule has 0 aromatic heterocycles. The molecule has 29 heavy (non-hydrogen) atoms. The number of benzene rings is 3. The van der Waals surface area contributed by atoms with Crippen molar-refractivity contribution in [3.63, 3.8) is 0 Å². The van der Waals surface area contributed by atoms with Crippen molar-refractivity contribution in [2.75, 3.05) is 0 Å². The maximum absolute atomic E-state index is 13.1. The lowest BCUT2D eigenvalue weighted by Crippen LogP contribution is -1.97. The van der Waals surface area contributed by atoms with Gasteiger partial charge in [0.1, 0.15) is 23.9 Å². The Labute approximate surface area is 172 Å². The molecule has 0 spiro atoms. The molecule has 3 nitrogen and oxygen atoms in total. The Morgan fingerprint density at radius 2 is 1.62 bits per heavy atom. The van der Waals surface area contributed by atoms with Gasteiger partial charge in [0.2, 0.25) is 0 Å². The van der Waals surface area contributed by atoms with Crippen LogP contribution in [0.5, 0.6) is 5.75 Å². The van der Waals surface area contributed by atoms with Crippen LogP contribution in [0, 0.1) is 5.82 Å².